The summed E-state index contributed by atoms with van der Waals surface area (Å²) in [5, 5.41) is 0.781. The van der Waals surface area contributed by atoms with E-state index < -0.39 is 0 Å². The van der Waals surface area contributed by atoms with Gasteiger partial charge >= 0.3 is 0 Å². The number of hydrogen-bond acceptors (Lipinski definition) is 2. The number of likely N-dealkylation sites (tertiary alicyclic amines) is 2. The second kappa shape index (κ2) is 8.14. The second-order valence-electron chi connectivity index (χ2n) is 9.38. The molecule has 0 aromatic heterocycles. The predicted molar refractivity (Wildman–Crippen MR) is 116 cm³/mol. The van der Waals surface area contributed by atoms with Crippen molar-refractivity contribution in [3.63, 3.8) is 0 Å². The molecule has 0 unspecified atom stereocenters. The van der Waals surface area contributed by atoms with Crippen LogP contribution in [0.3, 0.4) is 0 Å². The SMILES string of the molecule is C=CC(=O)N1CC2(CCN(C(=O)[C@@H]3CC[C@@H](C)C[C@@H]3c3ccccc3Cl)CC2)C1. The van der Waals surface area contributed by atoms with Gasteiger partial charge in [0, 0.05) is 42.5 Å². The van der Waals surface area contributed by atoms with Crippen molar-refractivity contribution in [2.45, 2.75) is 44.9 Å². The van der Waals surface area contributed by atoms with Crippen molar-refractivity contribution in [2.75, 3.05) is 26.2 Å². The predicted octanol–water partition coefficient (Wildman–Crippen LogP) is 4.50. The fourth-order valence-electron chi connectivity index (χ4n) is 5.60. The number of rotatable bonds is 3. The van der Waals surface area contributed by atoms with Crippen LogP contribution in [0.15, 0.2) is 36.9 Å². The van der Waals surface area contributed by atoms with Gasteiger partial charge < -0.3 is 9.80 Å². The summed E-state index contributed by atoms with van der Waals surface area (Å²) in [7, 11) is 0. The fraction of sp³-hybridized carbons (Fsp3) is 0.583. The molecule has 5 heteroatoms. The quantitative estimate of drug-likeness (QED) is 0.683. The lowest BCUT2D eigenvalue weighted by atomic mass is 9.69. The lowest BCUT2D eigenvalue weighted by Crippen LogP contribution is -2.62. The highest BCUT2D eigenvalue weighted by molar-refractivity contribution is 6.31. The molecule has 2 saturated heterocycles. The Bertz CT molecular complexity index is 792. The van der Waals surface area contributed by atoms with Crippen LogP contribution in [0.4, 0.5) is 0 Å². The number of carbonyl (C=O) groups excluding carboxylic acids is 2. The molecular formula is C24H31ClN2O2. The van der Waals surface area contributed by atoms with E-state index in [4.69, 9.17) is 11.6 Å². The minimum Gasteiger partial charge on any atom is -0.342 e. The number of hydrogen-bond donors (Lipinski definition) is 0. The summed E-state index contributed by atoms with van der Waals surface area (Å²) in [4.78, 5) is 29.2. The van der Waals surface area contributed by atoms with Crippen LogP contribution in [0.1, 0.15) is 50.5 Å². The van der Waals surface area contributed by atoms with Crippen molar-refractivity contribution in [2.24, 2.45) is 17.3 Å². The number of benzene rings is 1. The first-order valence-corrected chi connectivity index (χ1v) is 11.2. The zero-order chi connectivity index (χ0) is 20.6. The highest BCUT2D eigenvalue weighted by atomic mass is 35.5. The van der Waals surface area contributed by atoms with Crippen molar-refractivity contribution < 1.29 is 9.59 Å². The Morgan fingerprint density at radius 2 is 1.83 bits per heavy atom. The van der Waals surface area contributed by atoms with Crippen molar-refractivity contribution >= 4 is 23.4 Å². The standard InChI is InChI=1S/C24H31ClN2O2/c1-3-22(28)27-15-24(16-27)10-12-26(13-11-24)23(29)19-9-8-17(2)14-20(19)18-6-4-5-7-21(18)25/h3-7,17,19-20H,1,8-16H2,2H3/t17-,19-,20-/m1/s1. The first-order valence-electron chi connectivity index (χ1n) is 10.9. The third-order valence-corrected chi connectivity index (χ3v) is 7.75. The maximum absolute atomic E-state index is 13.5. The summed E-state index contributed by atoms with van der Waals surface area (Å²) < 4.78 is 0. The molecule has 1 aliphatic carbocycles. The zero-order valence-corrected chi connectivity index (χ0v) is 18.0. The largest absolute Gasteiger partial charge is 0.342 e. The van der Waals surface area contributed by atoms with Crippen molar-refractivity contribution in [3.8, 4) is 0 Å². The van der Waals surface area contributed by atoms with Crippen LogP contribution in [0.2, 0.25) is 5.02 Å². The van der Waals surface area contributed by atoms with Gasteiger partial charge in [0.25, 0.3) is 0 Å². The number of amides is 2. The summed E-state index contributed by atoms with van der Waals surface area (Å²) in [5.74, 6) is 1.18. The van der Waals surface area contributed by atoms with Gasteiger partial charge in [-0.05, 0) is 61.6 Å². The minimum atomic E-state index is 0.0213. The van der Waals surface area contributed by atoms with E-state index in [9.17, 15) is 9.59 Å². The smallest absolute Gasteiger partial charge is 0.245 e. The molecule has 0 radical (unpaired) electrons. The average molecular weight is 415 g/mol. The van der Waals surface area contributed by atoms with E-state index in [1.807, 2.05) is 23.1 Å². The van der Waals surface area contributed by atoms with Crippen molar-refractivity contribution in [3.05, 3.63) is 47.5 Å². The highest BCUT2D eigenvalue weighted by Gasteiger charge is 2.47. The van der Waals surface area contributed by atoms with Crippen molar-refractivity contribution in [1.29, 1.82) is 0 Å². The van der Waals surface area contributed by atoms with E-state index in [1.165, 1.54) is 6.08 Å². The molecule has 1 aromatic carbocycles. The summed E-state index contributed by atoms with van der Waals surface area (Å²) >= 11 is 6.51. The Kier molecular flexibility index (Phi) is 5.74. The minimum absolute atomic E-state index is 0.0213. The van der Waals surface area contributed by atoms with Crippen LogP contribution < -0.4 is 0 Å². The first-order chi connectivity index (χ1) is 13.9. The zero-order valence-electron chi connectivity index (χ0n) is 17.3. The van der Waals surface area contributed by atoms with E-state index >= 15 is 0 Å². The van der Waals surface area contributed by atoms with Gasteiger partial charge in [0.15, 0.2) is 0 Å². The number of nitrogens with zero attached hydrogens (tertiary/aromatic N) is 2. The number of halogens is 1. The Morgan fingerprint density at radius 1 is 1.14 bits per heavy atom. The van der Waals surface area contributed by atoms with Crippen LogP contribution in [0.25, 0.3) is 0 Å². The van der Waals surface area contributed by atoms with Gasteiger partial charge in [0.2, 0.25) is 11.8 Å². The molecule has 1 spiro atoms. The molecule has 4 rings (SSSR count). The van der Waals surface area contributed by atoms with E-state index in [0.29, 0.717) is 11.8 Å². The lowest BCUT2D eigenvalue weighted by Gasteiger charge is -2.54. The molecule has 2 amide bonds. The van der Waals surface area contributed by atoms with Crippen LogP contribution in [-0.4, -0.2) is 47.8 Å². The molecule has 0 N–H and O–H groups in total. The summed E-state index contributed by atoms with van der Waals surface area (Å²) in [6, 6.07) is 8.02. The third-order valence-electron chi connectivity index (χ3n) is 7.41. The van der Waals surface area contributed by atoms with Crippen molar-refractivity contribution in [1.82, 2.24) is 9.80 Å². The van der Waals surface area contributed by atoms with Crippen LogP contribution >= 0.6 is 11.6 Å². The van der Waals surface area contributed by atoms with Gasteiger partial charge in [-0.3, -0.25) is 9.59 Å². The molecule has 2 heterocycles. The third kappa shape index (κ3) is 3.96. The van der Waals surface area contributed by atoms with Gasteiger partial charge in [0.1, 0.15) is 0 Å². The molecule has 156 valence electrons. The topological polar surface area (TPSA) is 40.6 Å². The fourth-order valence-corrected chi connectivity index (χ4v) is 5.87. The highest BCUT2D eigenvalue weighted by Crippen LogP contribution is 2.45. The summed E-state index contributed by atoms with van der Waals surface area (Å²) in [6.07, 6.45) is 6.44. The van der Waals surface area contributed by atoms with E-state index in [1.54, 1.807) is 0 Å². The summed E-state index contributed by atoms with van der Waals surface area (Å²) in [6.45, 7) is 9.07. The lowest BCUT2D eigenvalue weighted by molar-refractivity contribution is -0.149. The Balaban J connectivity index is 1.42. The molecule has 1 saturated carbocycles. The van der Waals surface area contributed by atoms with Gasteiger partial charge in [-0.1, -0.05) is 43.3 Å². The van der Waals surface area contributed by atoms with E-state index in [2.05, 4.69) is 24.5 Å². The van der Waals surface area contributed by atoms with Crippen LogP contribution in [-0.2, 0) is 9.59 Å². The van der Waals surface area contributed by atoms with Crippen LogP contribution in [0, 0.1) is 17.3 Å². The normalized spacial score (nSPS) is 28.7. The monoisotopic (exact) mass is 414 g/mol. The molecule has 3 atom stereocenters. The number of piperidine rings is 1. The Morgan fingerprint density at radius 3 is 2.48 bits per heavy atom. The summed E-state index contributed by atoms with van der Waals surface area (Å²) in [5.41, 5.74) is 1.34. The molecule has 29 heavy (non-hydrogen) atoms. The molecule has 2 aliphatic heterocycles. The van der Waals surface area contributed by atoms with Gasteiger partial charge in [0.05, 0.1) is 0 Å². The molecule has 3 aliphatic rings. The molecular weight excluding hydrogens is 384 g/mol. The molecule has 4 nitrogen and oxygen atoms in total. The number of carbonyl (C=O) groups is 2. The maximum Gasteiger partial charge on any atom is 0.245 e. The van der Waals surface area contributed by atoms with E-state index in [-0.39, 0.29) is 23.2 Å². The Hall–Kier alpha value is -1.81. The maximum atomic E-state index is 13.5. The second-order valence-corrected chi connectivity index (χ2v) is 9.78. The van der Waals surface area contributed by atoms with Crippen LogP contribution in [0.5, 0.6) is 0 Å². The average Bonchev–Trinajstić information content (AvgIpc) is 2.71. The molecule has 3 fully saturated rings. The first kappa shape index (κ1) is 20.5. The molecule has 1 aromatic rings. The van der Waals surface area contributed by atoms with E-state index in [0.717, 1.165) is 68.9 Å². The van der Waals surface area contributed by atoms with Gasteiger partial charge in [-0.15, -0.1) is 0 Å². The molecule has 0 bridgehead atoms. The van der Waals surface area contributed by atoms with Gasteiger partial charge in [-0.2, -0.15) is 0 Å². The Labute approximate surface area is 178 Å². The van der Waals surface area contributed by atoms with Gasteiger partial charge in [-0.25, -0.2) is 0 Å².